The highest BCUT2D eigenvalue weighted by atomic mass is 35.5. The van der Waals surface area contributed by atoms with E-state index in [1.54, 1.807) is 6.07 Å². The number of fused-ring (bicyclic) bond motifs is 1. The fraction of sp³-hybridized carbons (Fsp3) is 0.323. The Morgan fingerprint density at radius 2 is 1.89 bits per heavy atom. The van der Waals surface area contributed by atoms with E-state index in [1.807, 2.05) is 55.5 Å². The molecule has 37 heavy (non-hydrogen) atoms. The SMILES string of the molecule is CC1=C(c2ccc(Cl)cc2)C(c2ccc(OC[C@H](C)N3CC[C@@H](C)C3)cc2)Oc2c(C#N)cc(O)cc21. The van der Waals surface area contributed by atoms with Crippen molar-refractivity contribution in [2.75, 3.05) is 19.7 Å². The van der Waals surface area contributed by atoms with Crippen LogP contribution in [0.5, 0.6) is 17.2 Å². The van der Waals surface area contributed by atoms with E-state index in [9.17, 15) is 10.4 Å². The first-order chi connectivity index (χ1) is 17.8. The second-order valence-corrected chi connectivity index (χ2v) is 10.6. The lowest BCUT2D eigenvalue weighted by atomic mass is 9.85. The minimum Gasteiger partial charge on any atom is -0.508 e. The predicted molar refractivity (Wildman–Crippen MR) is 147 cm³/mol. The summed E-state index contributed by atoms with van der Waals surface area (Å²) < 4.78 is 12.6. The van der Waals surface area contributed by atoms with Crippen LogP contribution in [0.2, 0.25) is 5.02 Å². The molecule has 2 aliphatic rings. The normalized spacial score (nSPS) is 20.2. The van der Waals surface area contributed by atoms with Gasteiger partial charge in [0.05, 0.1) is 5.56 Å². The van der Waals surface area contributed by atoms with Crippen LogP contribution in [-0.2, 0) is 0 Å². The number of hydrogen-bond acceptors (Lipinski definition) is 5. The Kier molecular flexibility index (Phi) is 7.15. The van der Waals surface area contributed by atoms with Gasteiger partial charge in [-0.05, 0) is 79.8 Å². The van der Waals surface area contributed by atoms with Crippen molar-refractivity contribution in [3.63, 3.8) is 0 Å². The molecule has 1 N–H and O–H groups in total. The van der Waals surface area contributed by atoms with Gasteiger partial charge < -0.3 is 14.6 Å². The molecule has 0 aliphatic carbocycles. The summed E-state index contributed by atoms with van der Waals surface area (Å²) in [6.07, 6.45) is 0.809. The largest absolute Gasteiger partial charge is 0.508 e. The number of halogens is 1. The highest BCUT2D eigenvalue weighted by Gasteiger charge is 2.31. The molecule has 3 aromatic rings. The molecule has 0 radical (unpaired) electrons. The van der Waals surface area contributed by atoms with Crippen LogP contribution >= 0.6 is 11.6 Å². The third-order valence-electron chi connectivity index (χ3n) is 7.41. The average Bonchev–Trinajstić information content (AvgIpc) is 3.34. The maximum atomic E-state index is 10.2. The number of phenolic OH excluding ortho intramolecular Hbond substituents is 1. The maximum absolute atomic E-state index is 10.2. The zero-order chi connectivity index (χ0) is 26.1. The van der Waals surface area contributed by atoms with Gasteiger partial charge in [0.15, 0.2) is 0 Å². The Balaban J connectivity index is 1.45. The monoisotopic (exact) mass is 514 g/mol. The number of hydrogen-bond donors (Lipinski definition) is 1. The fourth-order valence-corrected chi connectivity index (χ4v) is 5.41. The van der Waals surface area contributed by atoms with E-state index in [1.165, 1.54) is 12.5 Å². The molecule has 0 aromatic heterocycles. The molecule has 2 aliphatic heterocycles. The van der Waals surface area contributed by atoms with Crippen LogP contribution in [0.3, 0.4) is 0 Å². The number of aromatic hydroxyl groups is 1. The van der Waals surface area contributed by atoms with Gasteiger partial charge in [-0.15, -0.1) is 0 Å². The molecule has 0 spiro atoms. The molecule has 0 amide bonds. The van der Waals surface area contributed by atoms with Crippen LogP contribution in [0.25, 0.3) is 11.1 Å². The van der Waals surface area contributed by atoms with E-state index >= 15 is 0 Å². The van der Waals surface area contributed by atoms with Gasteiger partial charge in [0.2, 0.25) is 0 Å². The first-order valence-electron chi connectivity index (χ1n) is 12.7. The minimum absolute atomic E-state index is 0.0336. The lowest BCUT2D eigenvalue weighted by Crippen LogP contribution is -2.35. The maximum Gasteiger partial charge on any atom is 0.150 e. The van der Waals surface area contributed by atoms with Crippen molar-refractivity contribution in [2.45, 2.75) is 39.3 Å². The van der Waals surface area contributed by atoms with Crippen molar-refractivity contribution in [3.8, 4) is 23.3 Å². The van der Waals surface area contributed by atoms with E-state index in [4.69, 9.17) is 21.1 Å². The molecule has 3 atom stereocenters. The standard InChI is InChI=1S/C31H31ClN2O3/c1-19-12-13-34(17-19)20(2)18-36-27-10-6-23(7-11-27)31-29(22-4-8-25(32)9-5-22)21(3)28-15-26(35)14-24(16-33)30(28)37-31/h4-11,14-15,19-20,31,35H,12-13,17-18H2,1-3H3/t19-,20+,31?/m1/s1. The van der Waals surface area contributed by atoms with Crippen molar-refractivity contribution in [3.05, 3.63) is 87.9 Å². The van der Waals surface area contributed by atoms with E-state index < -0.39 is 6.10 Å². The van der Waals surface area contributed by atoms with Crippen LogP contribution in [0.1, 0.15) is 55.5 Å². The van der Waals surface area contributed by atoms with E-state index in [0.29, 0.717) is 34.5 Å². The second-order valence-electron chi connectivity index (χ2n) is 10.1. The number of likely N-dealkylation sites (tertiary alicyclic amines) is 1. The van der Waals surface area contributed by atoms with Crippen LogP contribution in [0.15, 0.2) is 60.7 Å². The summed E-state index contributed by atoms with van der Waals surface area (Å²) in [6, 6.07) is 21.2. The Morgan fingerprint density at radius 1 is 1.16 bits per heavy atom. The van der Waals surface area contributed by atoms with Gasteiger partial charge in [0.25, 0.3) is 0 Å². The summed E-state index contributed by atoms with van der Waals surface area (Å²) in [5, 5.41) is 20.6. The van der Waals surface area contributed by atoms with Crippen LogP contribution in [0, 0.1) is 17.2 Å². The number of benzene rings is 3. The van der Waals surface area contributed by atoms with Gasteiger partial charge in [0, 0.05) is 34.8 Å². The van der Waals surface area contributed by atoms with Crippen molar-refractivity contribution < 1.29 is 14.6 Å². The predicted octanol–water partition coefficient (Wildman–Crippen LogP) is 7.09. The molecule has 2 heterocycles. The summed E-state index contributed by atoms with van der Waals surface area (Å²) in [5.41, 5.74) is 4.83. The van der Waals surface area contributed by atoms with Crippen LogP contribution in [0.4, 0.5) is 0 Å². The summed E-state index contributed by atoms with van der Waals surface area (Å²) in [5.74, 6) is 2.08. The highest BCUT2D eigenvalue weighted by Crippen LogP contribution is 2.49. The van der Waals surface area contributed by atoms with Gasteiger partial charge >= 0.3 is 0 Å². The zero-order valence-electron chi connectivity index (χ0n) is 21.4. The second kappa shape index (κ2) is 10.5. The van der Waals surface area contributed by atoms with E-state index in [-0.39, 0.29) is 5.75 Å². The number of nitriles is 1. The lowest BCUT2D eigenvalue weighted by molar-refractivity contribution is 0.169. The molecule has 0 bridgehead atoms. The van der Waals surface area contributed by atoms with Crippen molar-refractivity contribution in [1.29, 1.82) is 5.26 Å². The van der Waals surface area contributed by atoms with Crippen LogP contribution in [-0.4, -0.2) is 35.7 Å². The van der Waals surface area contributed by atoms with Crippen molar-refractivity contribution in [2.24, 2.45) is 5.92 Å². The topological polar surface area (TPSA) is 65.7 Å². The van der Waals surface area contributed by atoms with Gasteiger partial charge in [0.1, 0.15) is 36.0 Å². The molecule has 1 unspecified atom stereocenters. The molecule has 6 heteroatoms. The first kappa shape index (κ1) is 25.2. The number of nitrogens with zero attached hydrogens (tertiary/aromatic N) is 2. The van der Waals surface area contributed by atoms with Crippen molar-refractivity contribution >= 4 is 22.7 Å². The van der Waals surface area contributed by atoms with Gasteiger partial charge in [-0.25, -0.2) is 0 Å². The Labute approximate surface area is 223 Å². The Morgan fingerprint density at radius 3 is 2.54 bits per heavy atom. The summed E-state index contributed by atoms with van der Waals surface area (Å²) in [6.45, 7) is 9.42. The molecule has 5 rings (SSSR count). The van der Waals surface area contributed by atoms with Crippen molar-refractivity contribution in [1.82, 2.24) is 4.90 Å². The number of phenols is 1. The number of allylic oxidation sites excluding steroid dienone is 1. The first-order valence-corrected chi connectivity index (χ1v) is 13.1. The van der Waals surface area contributed by atoms with Gasteiger partial charge in [-0.3, -0.25) is 4.90 Å². The quantitative estimate of drug-likeness (QED) is 0.380. The molecule has 190 valence electrons. The summed E-state index contributed by atoms with van der Waals surface area (Å²) in [4.78, 5) is 2.49. The zero-order valence-corrected chi connectivity index (χ0v) is 22.1. The third-order valence-corrected chi connectivity index (χ3v) is 7.66. The van der Waals surface area contributed by atoms with E-state index in [2.05, 4.69) is 24.8 Å². The third kappa shape index (κ3) is 5.18. The Bertz CT molecular complexity index is 1360. The van der Waals surface area contributed by atoms with Crippen LogP contribution < -0.4 is 9.47 Å². The van der Waals surface area contributed by atoms with Gasteiger partial charge in [-0.1, -0.05) is 42.8 Å². The number of rotatable bonds is 6. The smallest absolute Gasteiger partial charge is 0.150 e. The molecule has 0 saturated carbocycles. The summed E-state index contributed by atoms with van der Waals surface area (Å²) >= 11 is 6.17. The fourth-order valence-electron chi connectivity index (χ4n) is 5.28. The Hall–Kier alpha value is -3.46. The highest BCUT2D eigenvalue weighted by molar-refractivity contribution is 6.30. The molecule has 5 nitrogen and oxygen atoms in total. The number of ether oxygens (including phenoxy) is 2. The lowest BCUT2D eigenvalue weighted by Gasteiger charge is -2.32. The molecule has 3 aromatic carbocycles. The van der Waals surface area contributed by atoms with Gasteiger partial charge in [-0.2, -0.15) is 5.26 Å². The average molecular weight is 515 g/mol. The molecule has 1 fully saturated rings. The molecule has 1 saturated heterocycles. The molecular formula is C31H31ClN2O3. The molecular weight excluding hydrogens is 484 g/mol. The minimum atomic E-state index is -0.440. The van der Waals surface area contributed by atoms with E-state index in [0.717, 1.165) is 47.0 Å². The summed E-state index contributed by atoms with van der Waals surface area (Å²) in [7, 11) is 0.